The zero-order chi connectivity index (χ0) is 9.26. The Labute approximate surface area is 78.1 Å². The molecule has 0 aromatic heterocycles. The second-order valence-corrected chi connectivity index (χ2v) is 3.75. The van der Waals surface area contributed by atoms with Gasteiger partial charge >= 0.3 is 0 Å². The Kier molecular flexibility index (Phi) is 2.36. The van der Waals surface area contributed by atoms with Gasteiger partial charge in [-0.25, -0.2) is 0 Å². The van der Waals surface area contributed by atoms with Crippen molar-refractivity contribution in [2.24, 2.45) is 5.92 Å². The number of fused-ring (bicyclic) bond motifs is 2. The maximum Gasteiger partial charge on any atom is 0.226 e. The molecule has 2 heterocycles. The lowest BCUT2D eigenvalue weighted by molar-refractivity contribution is -0.126. The zero-order valence-electron chi connectivity index (χ0n) is 7.66. The summed E-state index contributed by atoms with van der Waals surface area (Å²) >= 11 is 0. The van der Waals surface area contributed by atoms with Crippen molar-refractivity contribution in [1.29, 1.82) is 0 Å². The van der Waals surface area contributed by atoms with Gasteiger partial charge in [0.2, 0.25) is 5.91 Å². The average Bonchev–Trinajstić information content (AvgIpc) is 2.74. The van der Waals surface area contributed by atoms with Gasteiger partial charge in [0.25, 0.3) is 0 Å². The van der Waals surface area contributed by atoms with E-state index < -0.39 is 0 Å². The molecule has 2 saturated heterocycles. The van der Waals surface area contributed by atoms with E-state index in [1.165, 1.54) is 0 Å². The number of amides is 1. The molecule has 0 aromatic carbocycles. The fraction of sp³-hybridized carbons (Fsp3) is 0.700. The van der Waals surface area contributed by atoms with Crippen LogP contribution in [0.3, 0.4) is 0 Å². The van der Waals surface area contributed by atoms with Gasteiger partial charge in [0, 0.05) is 6.54 Å². The lowest BCUT2D eigenvalue weighted by Crippen LogP contribution is -2.35. The van der Waals surface area contributed by atoms with Crippen LogP contribution in [-0.4, -0.2) is 24.7 Å². The summed E-state index contributed by atoms with van der Waals surface area (Å²) < 4.78 is 5.60. The third kappa shape index (κ3) is 1.61. The Morgan fingerprint density at radius 2 is 2.46 bits per heavy atom. The van der Waals surface area contributed by atoms with Gasteiger partial charge < -0.3 is 10.1 Å². The van der Waals surface area contributed by atoms with Gasteiger partial charge in [0.05, 0.1) is 18.1 Å². The van der Waals surface area contributed by atoms with Crippen LogP contribution in [0.15, 0.2) is 12.7 Å². The van der Waals surface area contributed by atoms with Crippen LogP contribution in [0.5, 0.6) is 0 Å². The van der Waals surface area contributed by atoms with Crippen molar-refractivity contribution in [2.75, 3.05) is 6.54 Å². The highest BCUT2D eigenvalue weighted by Crippen LogP contribution is 2.38. The van der Waals surface area contributed by atoms with Gasteiger partial charge in [-0.3, -0.25) is 4.79 Å². The molecule has 2 rings (SSSR count). The number of hydrogen-bond donors (Lipinski definition) is 1. The van der Waals surface area contributed by atoms with Crippen molar-refractivity contribution >= 4 is 5.91 Å². The predicted octanol–water partition coefficient (Wildman–Crippen LogP) is 0.856. The smallest absolute Gasteiger partial charge is 0.226 e. The zero-order valence-corrected chi connectivity index (χ0v) is 7.66. The highest BCUT2D eigenvalue weighted by Gasteiger charge is 2.44. The molecule has 0 unspecified atom stereocenters. The summed E-state index contributed by atoms with van der Waals surface area (Å²) in [6, 6.07) is 0. The molecule has 72 valence electrons. The maximum absolute atomic E-state index is 11.6. The largest absolute Gasteiger partial charge is 0.374 e. The first kappa shape index (κ1) is 8.75. The van der Waals surface area contributed by atoms with Crippen molar-refractivity contribution in [3.63, 3.8) is 0 Å². The van der Waals surface area contributed by atoms with E-state index in [4.69, 9.17) is 4.74 Å². The lowest BCUT2D eigenvalue weighted by Gasteiger charge is -2.17. The molecule has 3 atom stereocenters. The van der Waals surface area contributed by atoms with E-state index in [0.29, 0.717) is 12.6 Å². The highest BCUT2D eigenvalue weighted by molar-refractivity contribution is 5.79. The number of ether oxygens (including phenoxy) is 1. The number of carbonyl (C=O) groups excluding carboxylic acids is 1. The normalized spacial score (nSPS) is 36.2. The molecule has 1 amide bonds. The average molecular weight is 181 g/mol. The van der Waals surface area contributed by atoms with Crippen molar-refractivity contribution in [2.45, 2.75) is 31.5 Å². The molecule has 0 aromatic rings. The third-order valence-electron chi connectivity index (χ3n) is 2.86. The third-order valence-corrected chi connectivity index (χ3v) is 2.86. The first-order valence-corrected chi connectivity index (χ1v) is 4.85. The summed E-state index contributed by atoms with van der Waals surface area (Å²) in [6.07, 6.45) is 5.34. The second-order valence-electron chi connectivity index (χ2n) is 3.75. The molecular weight excluding hydrogens is 166 g/mol. The summed E-state index contributed by atoms with van der Waals surface area (Å²) in [5, 5.41) is 2.82. The minimum Gasteiger partial charge on any atom is -0.374 e. The molecule has 0 aliphatic carbocycles. The monoisotopic (exact) mass is 181 g/mol. The van der Waals surface area contributed by atoms with E-state index in [1.807, 2.05) is 0 Å². The van der Waals surface area contributed by atoms with Crippen molar-refractivity contribution < 1.29 is 9.53 Å². The minimum absolute atomic E-state index is 0.0960. The predicted molar refractivity (Wildman–Crippen MR) is 49.2 cm³/mol. The molecular formula is C10H15NO2. The molecule has 13 heavy (non-hydrogen) atoms. The molecule has 3 heteroatoms. The Bertz CT molecular complexity index is 227. The van der Waals surface area contributed by atoms with Gasteiger partial charge in [0.1, 0.15) is 0 Å². The topological polar surface area (TPSA) is 38.3 Å². The van der Waals surface area contributed by atoms with E-state index in [1.54, 1.807) is 6.08 Å². The first-order chi connectivity index (χ1) is 6.31. The number of rotatable bonds is 3. The molecule has 2 aliphatic rings. The second kappa shape index (κ2) is 3.50. The van der Waals surface area contributed by atoms with Crippen molar-refractivity contribution in [1.82, 2.24) is 5.32 Å². The van der Waals surface area contributed by atoms with Gasteiger partial charge in [0.15, 0.2) is 0 Å². The molecule has 2 aliphatic heterocycles. The fourth-order valence-corrected chi connectivity index (χ4v) is 2.22. The minimum atomic E-state index is 0.0960. The van der Waals surface area contributed by atoms with Crippen LogP contribution in [0, 0.1) is 5.92 Å². The van der Waals surface area contributed by atoms with Crippen LogP contribution in [0.1, 0.15) is 19.3 Å². The molecule has 0 saturated carbocycles. The summed E-state index contributed by atoms with van der Waals surface area (Å²) in [4.78, 5) is 11.6. The first-order valence-electron chi connectivity index (χ1n) is 4.85. The van der Waals surface area contributed by atoms with Crippen LogP contribution >= 0.6 is 0 Å². The Balaban J connectivity index is 1.87. The van der Waals surface area contributed by atoms with E-state index >= 15 is 0 Å². The summed E-state index contributed by atoms with van der Waals surface area (Å²) in [5.41, 5.74) is 0. The van der Waals surface area contributed by atoms with Gasteiger partial charge in [-0.2, -0.15) is 0 Å². The van der Waals surface area contributed by atoms with Crippen LogP contribution in [0.25, 0.3) is 0 Å². The van der Waals surface area contributed by atoms with E-state index in [-0.39, 0.29) is 17.9 Å². The molecule has 0 radical (unpaired) electrons. The molecule has 0 spiro atoms. The van der Waals surface area contributed by atoms with Crippen LogP contribution < -0.4 is 5.32 Å². The molecule has 1 N–H and O–H groups in total. The quantitative estimate of drug-likeness (QED) is 0.656. The van der Waals surface area contributed by atoms with Crippen LogP contribution in [-0.2, 0) is 9.53 Å². The molecule has 2 bridgehead atoms. The summed E-state index contributed by atoms with van der Waals surface area (Å²) in [5.74, 6) is 0.228. The Hall–Kier alpha value is -0.830. The lowest BCUT2D eigenvalue weighted by atomic mass is 9.88. The fourth-order valence-electron chi connectivity index (χ4n) is 2.22. The number of nitrogens with one attached hydrogen (secondary N) is 1. The van der Waals surface area contributed by atoms with Crippen molar-refractivity contribution in [3.05, 3.63) is 12.7 Å². The van der Waals surface area contributed by atoms with E-state index in [0.717, 1.165) is 19.3 Å². The Morgan fingerprint density at radius 1 is 1.62 bits per heavy atom. The number of carbonyl (C=O) groups is 1. The van der Waals surface area contributed by atoms with Gasteiger partial charge in [-0.1, -0.05) is 6.08 Å². The van der Waals surface area contributed by atoms with Crippen LogP contribution in [0.2, 0.25) is 0 Å². The van der Waals surface area contributed by atoms with Gasteiger partial charge in [-0.15, -0.1) is 6.58 Å². The van der Waals surface area contributed by atoms with Gasteiger partial charge in [-0.05, 0) is 19.3 Å². The van der Waals surface area contributed by atoms with E-state index in [2.05, 4.69) is 11.9 Å². The van der Waals surface area contributed by atoms with Crippen molar-refractivity contribution in [3.8, 4) is 0 Å². The summed E-state index contributed by atoms with van der Waals surface area (Å²) in [7, 11) is 0. The highest BCUT2D eigenvalue weighted by atomic mass is 16.5. The molecule has 3 nitrogen and oxygen atoms in total. The summed E-state index contributed by atoms with van der Waals surface area (Å²) in [6.45, 7) is 4.12. The molecule has 2 fully saturated rings. The van der Waals surface area contributed by atoms with E-state index in [9.17, 15) is 4.79 Å². The van der Waals surface area contributed by atoms with Crippen LogP contribution in [0.4, 0.5) is 0 Å². The SMILES string of the molecule is C=CCNC(=O)[C@@H]1C[C@H]2CC[C@@H]1O2. The maximum atomic E-state index is 11.6. The number of hydrogen-bond acceptors (Lipinski definition) is 2. The Morgan fingerprint density at radius 3 is 3.00 bits per heavy atom. The standard InChI is InChI=1S/C10H15NO2/c1-2-5-11-10(12)8-6-7-3-4-9(8)13-7/h2,7-9H,1,3-6H2,(H,11,12)/t7-,8-,9+/m1/s1.